The predicted octanol–water partition coefficient (Wildman–Crippen LogP) is 3.42. The molecule has 106 valence electrons. The molecule has 0 aliphatic heterocycles. The van der Waals surface area contributed by atoms with Crippen LogP contribution < -0.4 is 5.32 Å². The molecular formula is C17H23N3. The zero-order chi connectivity index (χ0) is 13.9. The quantitative estimate of drug-likeness (QED) is 0.921. The van der Waals surface area contributed by atoms with Gasteiger partial charge in [-0.05, 0) is 56.8 Å². The van der Waals surface area contributed by atoms with E-state index in [0.29, 0.717) is 6.04 Å². The van der Waals surface area contributed by atoms with Gasteiger partial charge in [-0.1, -0.05) is 19.1 Å². The summed E-state index contributed by atoms with van der Waals surface area (Å²) in [7, 11) is 0. The Morgan fingerprint density at radius 2 is 2.15 bits per heavy atom. The van der Waals surface area contributed by atoms with E-state index in [-0.39, 0.29) is 0 Å². The molecule has 1 aromatic heterocycles. The van der Waals surface area contributed by atoms with Crippen LogP contribution in [0.1, 0.15) is 49.7 Å². The van der Waals surface area contributed by atoms with Crippen molar-refractivity contribution in [2.75, 3.05) is 6.54 Å². The van der Waals surface area contributed by atoms with Crippen LogP contribution >= 0.6 is 0 Å². The van der Waals surface area contributed by atoms with E-state index in [2.05, 4.69) is 53.0 Å². The number of hydrogen-bond donors (Lipinski definition) is 1. The number of nitrogens with one attached hydrogen (secondary N) is 1. The third-order valence-electron chi connectivity index (χ3n) is 4.19. The molecule has 1 unspecified atom stereocenters. The lowest BCUT2D eigenvalue weighted by Crippen LogP contribution is -2.17. The maximum Gasteiger partial charge on any atom is 0.0997 e. The number of nitrogens with zero attached hydrogens (tertiary/aromatic N) is 2. The number of imidazole rings is 1. The normalized spacial score (nSPS) is 15.9. The zero-order valence-electron chi connectivity index (χ0n) is 12.4. The summed E-state index contributed by atoms with van der Waals surface area (Å²) in [6.07, 6.45) is 6.85. The van der Waals surface area contributed by atoms with Crippen molar-refractivity contribution in [3.8, 4) is 5.69 Å². The van der Waals surface area contributed by atoms with E-state index in [0.717, 1.165) is 19.4 Å². The Kier molecular flexibility index (Phi) is 3.88. The van der Waals surface area contributed by atoms with Gasteiger partial charge in [-0.3, -0.25) is 0 Å². The van der Waals surface area contributed by atoms with E-state index >= 15 is 0 Å². The van der Waals surface area contributed by atoms with E-state index in [1.54, 1.807) is 0 Å². The third kappa shape index (κ3) is 2.50. The number of fused-ring (bicyclic) bond motifs is 1. The van der Waals surface area contributed by atoms with Gasteiger partial charge in [0.1, 0.15) is 0 Å². The fourth-order valence-corrected chi connectivity index (χ4v) is 3.06. The molecule has 20 heavy (non-hydrogen) atoms. The molecule has 0 spiro atoms. The number of benzene rings is 1. The number of aryl methyl sites for hydroxylation is 1. The highest BCUT2D eigenvalue weighted by Gasteiger charge is 2.16. The second kappa shape index (κ2) is 5.80. The number of hydrogen-bond acceptors (Lipinski definition) is 2. The van der Waals surface area contributed by atoms with Crippen LogP contribution in [0.15, 0.2) is 30.6 Å². The van der Waals surface area contributed by atoms with Crippen molar-refractivity contribution in [3.05, 3.63) is 47.5 Å². The van der Waals surface area contributed by atoms with Gasteiger partial charge in [0.2, 0.25) is 0 Å². The van der Waals surface area contributed by atoms with Crippen LogP contribution in [-0.2, 0) is 12.8 Å². The Balaban J connectivity index is 1.94. The molecule has 3 heteroatoms. The summed E-state index contributed by atoms with van der Waals surface area (Å²) in [5.74, 6) is 0. The van der Waals surface area contributed by atoms with Crippen molar-refractivity contribution >= 4 is 0 Å². The lowest BCUT2D eigenvalue weighted by atomic mass is 10.0. The Bertz CT molecular complexity index is 586. The van der Waals surface area contributed by atoms with Gasteiger partial charge in [0.15, 0.2) is 0 Å². The Hall–Kier alpha value is -1.61. The predicted molar refractivity (Wildman–Crippen MR) is 82.3 cm³/mol. The van der Waals surface area contributed by atoms with Crippen molar-refractivity contribution in [1.82, 2.24) is 14.9 Å². The molecule has 0 fully saturated rings. The molecule has 1 N–H and O–H groups in total. The van der Waals surface area contributed by atoms with Gasteiger partial charge in [0.05, 0.1) is 12.0 Å². The summed E-state index contributed by atoms with van der Waals surface area (Å²) in [5, 5.41) is 3.47. The molecule has 1 aromatic carbocycles. The molecule has 2 aromatic rings. The van der Waals surface area contributed by atoms with Crippen molar-refractivity contribution in [2.24, 2.45) is 0 Å². The lowest BCUT2D eigenvalue weighted by molar-refractivity contribution is 0.597. The molecule has 1 atom stereocenters. The molecule has 1 heterocycles. The Morgan fingerprint density at radius 3 is 3.00 bits per heavy atom. The monoisotopic (exact) mass is 269 g/mol. The fourth-order valence-electron chi connectivity index (χ4n) is 3.06. The maximum atomic E-state index is 4.59. The number of aromatic nitrogens is 2. The Morgan fingerprint density at radius 1 is 1.30 bits per heavy atom. The third-order valence-corrected chi connectivity index (χ3v) is 4.19. The van der Waals surface area contributed by atoms with Crippen LogP contribution in [0.3, 0.4) is 0 Å². The first-order valence-electron chi connectivity index (χ1n) is 7.68. The minimum atomic E-state index is 0.388. The molecule has 1 aliphatic carbocycles. The van der Waals surface area contributed by atoms with Gasteiger partial charge in [0.25, 0.3) is 0 Å². The summed E-state index contributed by atoms with van der Waals surface area (Å²) in [4.78, 5) is 4.59. The standard InChI is InChI=1S/C17H23N3/c1-3-18-13(2)14-7-6-8-15(11-14)20-12-19-16-9-4-5-10-17(16)20/h6-8,11-13,18H,3-5,9-10H2,1-2H3. The van der Waals surface area contributed by atoms with Crippen LogP contribution in [-0.4, -0.2) is 16.1 Å². The van der Waals surface area contributed by atoms with Crippen LogP contribution in [0.25, 0.3) is 5.69 Å². The average molecular weight is 269 g/mol. The highest BCUT2D eigenvalue weighted by molar-refractivity contribution is 5.40. The number of rotatable bonds is 4. The topological polar surface area (TPSA) is 29.9 Å². The minimum absolute atomic E-state index is 0.388. The molecule has 0 saturated heterocycles. The van der Waals surface area contributed by atoms with E-state index in [1.807, 2.05) is 6.33 Å². The van der Waals surface area contributed by atoms with Gasteiger partial charge in [-0.2, -0.15) is 0 Å². The first-order chi connectivity index (χ1) is 9.79. The first-order valence-corrected chi connectivity index (χ1v) is 7.68. The maximum absolute atomic E-state index is 4.59. The minimum Gasteiger partial charge on any atom is -0.310 e. The van der Waals surface area contributed by atoms with Crippen molar-refractivity contribution in [2.45, 2.75) is 45.6 Å². The van der Waals surface area contributed by atoms with Crippen molar-refractivity contribution in [3.63, 3.8) is 0 Å². The average Bonchev–Trinajstić information content (AvgIpc) is 2.91. The summed E-state index contributed by atoms with van der Waals surface area (Å²) in [6, 6.07) is 9.19. The largest absolute Gasteiger partial charge is 0.310 e. The molecule has 3 rings (SSSR count). The second-order valence-electron chi connectivity index (χ2n) is 5.59. The van der Waals surface area contributed by atoms with Gasteiger partial charge in [-0.25, -0.2) is 4.98 Å². The molecule has 1 aliphatic rings. The second-order valence-corrected chi connectivity index (χ2v) is 5.59. The highest BCUT2D eigenvalue weighted by Crippen LogP contribution is 2.24. The summed E-state index contributed by atoms with van der Waals surface area (Å²) >= 11 is 0. The van der Waals surface area contributed by atoms with Crippen molar-refractivity contribution in [1.29, 1.82) is 0 Å². The smallest absolute Gasteiger partial charge is 0.0997 e. The van der Waals surface area contributed by atoms with Crippen LogP contribution in [0, 0.1) is 0 Å². The fraction of sp³-hybridized carbons (Fsp3) is 0.471. The van der Waals surface area contributed by atoms with Crippen LogP contribution in [0.2, 0.25) is 0 Å². The van der Waals surface area contributed by atoms with E-state index in [1.165, 1.54) is 35.5 Å². The van der Waals surface area contributed by atoms with E-state index < -0.39 is 0 Å². The van der Waals surface area contributed by atoms with Crippen LogP contribution in [0.4, 0.5) is 0 Å². The molecule has 0 amide bonds. The molecular weight excluding hydrogens is 246 g/mol. The molecule has 0 saturated carbocycles. The van der Waals surface area contributed by atoms with Gasteiger partial charge < -0.3 is 9.88 Å². The Labute approximate surface area is 121 Å². The van der Waals surface area contributed by atoms with Crippen LogP contribution in [0.5, 0.6) is 0 Å². The van der Waals surface area contributed by atoms with E-state index in [4.69, 9.17) is 0 Å². The zero-order valence-corrected chi connectivity index (χ0v) is 12.4. The van der Waals surface area contributed by atoms with E-state index in [9.17, 15) is 0 Å². The first kappa shape index (κ1) is 13.4. The van der Waals surface area contributed by atoms with Gasteiger partial charge in [-0.15, -0.1) is 0 Å². The lowest BCUT2D eigenvalue weighted by Gasteiger charge is -2.17. The molecule has 0 bridgehead atoms. The molecule has 3 nitrogen and oxygen atoms in total. The summed E-state index contributed by atoms with van der Waals surface area (Å²) < 4.78 is 2.27. The van der Waals surface area contributed by atoms with Gasteiger partial charge >= 0.3 is 0 Å². The van der Waals surface area contributed by atoms with Crippen molar-refractivity contribution < 1.29 is 0 Å². The summed E-state index contributed by atoms with van der Waals surface area (Å²) in [6.45, 7) is 5.35. The van der Waals surface area contributed by atoms with Gasteiger partial charge in [0, 0.05) is 17.4 Å². The molecule has 0 radical (unpaired) electrons. The summed E-state index contributed by atoms with van der Waals surface area (Å²) in [5.41, 5.74) is 5.27. The highest BCUT2D eigenvalue weighted by atomic mass is 15.1. The SMILES string of the molecule is CCNC(C)c1cccc(-n2cnc3c2CCCC3)c1.